The highest BCUT2D eigenvalue weighted by atomic mass is 32.2. The number of rotatable bonds is 4. The number of pyridine rings is 1. The lowest BCUT2D eigenvalue weighted by atomic mass is 9.95. The Kier molecular flexibility index (Phi) is 4.23. The minimum atomic E-state index is -4.21. The Bertz CT molecular complexity index is 555. The van der Waals surface area contributed by atoms with Gasteiger partial charge in [-0.3, -0.25) is 4.55 Å². The van der Waals surface area contributed by atoms with Gasteiger partial charge >= 0.3 is 10.1 Å². The normalized spacial score (nSPS) is 19.5. The van der Waals surface area contributed by atoms with Crippen molar-refractivity contribution in [3.05, 3.63) is 23.4 Å². The van der Waals surface area contributed by atoms with Gasteiger partial charge in [-0.2, -0.15) is 8.42 Å². The summed E-state index contributed by atoms with van der Waals surface area (Å²) in [6.07, 6.45) is 2.89. The van der Waals surface area contributed by atoms with Crippen LogP contribution in [-0.4, -0.2) is 24.0 Å². The molecule has 2 N–H and O–H groups in total. The van der Waals surface area contributed by atoms with Crippen molar-refractivity contribution in [2.24, 2.45) is 5.92 Å². The average molecular weight is 284 g/mol. The summed E-state index contributed by atoms with van der Waals surface area (Å²) in [5.41, 5.74) is 1.79. The van der Waals surface area contributed by atoms with Gasteiger partial charge in [-0.15, -0.1) is 0 Å². The van der Waals surface area contributed by atoms with Crippen molar-refractivity contribution in [2.45, 2.75) is 50.7 Å². The third kappa shape index (κ3) is 3.75. The number of nitrogens with zero attached hydrogens (tertiary/aromatic N) is 1. The highest BCUT2D eigenvalue weighted by Crippen LogP contribution is 2.20. The molecular weight excluding hydrogens is 264 g/mol. The SMILES string of the molecule is CC(C)CCC1Cc2nc(S(=O)(=O)O)ccc2CN1. The molecule has 1 aliphatic heterocycles. The standard InChI is InChI=1S/C13H20N2O3S/c1-9(2)3-5-11-7-12-10(8-14-11)4-6-13(15-12)19(16,17)18/h4,6,9,11,14H,3,5,7-8H2,1-2H3,(H,16,17,18). The quantitative estimate of drug-likeness (QED) is 0.824. The molecule has 1 aromatic heterocycles. The zero-order valence-corrected chi connectivity index (χ0v) is 12.1. The Balaban J connectivity index is 2.14. The summed E-state index contributed by atoms with van der Waals surface area (Å²) in [4.78, 5) is 4.08. The highest BCUT2D eigenvalue weighted by molar-refractivity contribution is 7.85. The zero-order chi connectivity index (χ0) is 14.0. The van der Waals surface area contributed by atoms with Crippen LogP contribution in [0.2, 0.25) is 0 Å². The molecule has 0 fully saturated rings. The number of nitrogens with one attached hydrogen (secondary N) is 1. The van der Waals surface area contributed by atoms with Crippen molar-refractivity contribution in [3.63, 3.8) is 0 Å². The van der Waals surface area contributed by atoms with Gasteiger partial charge < -0.3 is 5.32 Å². The number of aromatic nitrogens is 1. The van der Waals surface area contributed by atoms with E-state index in [1.807, 2.05) is 0 Å². The molecule has 5 nitrogen and oxygen atoms in total. The van der Waals surface area contributed by atoms with Crippen LogP contribution in [0, 0.1) is 5.92 Å². The molecule has 6 heteroatoms. The number of hydrogen-bond donors (Lipinski definition) is 2. The molecule has 1 aromatic rings. The van der Waals surface area contributed by atoms with E-state index in [0.717, 1.165) is 24.1 Å². The molecule has 0 amide bonds. The van der Waals surface area contributed by atoms with Gasteiger partial charge in [0, 0.05) is 24.7 Å². The Hall–Kier alpha value is -0.980. The first-order valence-corrected chi connectivity index (χ1v) is 8.00. The molecule has 1 atom stereocenters. The molecule has 0 spiro atoms. The van der Waals surface area contributed by atoms with Gasteiger partial charge in [0.2, 0.25) is 0 Å². The number of fused-ring (bicyclic) bond motifs is 1. The molecule has 0 bridgehead atoms. The molecule has 0 aromatic carbocycles. The lowest BCUT2D eigenvalue weighted by molar-refractivity contribution is 0.403. The van der Waals surface area contributed by atoms with E-state index in [4.69, 9.17) is 4.55 Å². The van der Waals surface area contributed by atoms with Gasteiger partial charge in [-0.25, -0.2) is 4.98 Å². The van der Waals surface area contributed by atoms with E-state index in [-0.39, 0.29) is 5.03 Å². The first-order chi connectivity index (χ1) is 8.86. The van der Waals surface area contributed by atoms with E-state index in [1.165, 1.54) is 6.07 Å². The van der Waals surface area contributed by atoms with Crippen molar-refractivity contribution in [1.29, 1.82) is 0 Å². The second-order valence-electron chi connectivity index (χ2n) is 5.48. The molecule has 2 heterocycles. The van der Waals surface area contributed by atoms with Crippen molar-refractivity contribution >= 4 is 10.1 Å². The Morgan fingerprint density at radius 2 is 2.21 bits per heavy atom. The monoisotopic (exact) mass is 284 g/mol. The lowest BCUT2D eigenvalue weighted by Crippen LogP contribution is -2.36. The van der Waals surface area contributed by atoms with Gasteiger partial charge in [0.15, 0.2) is 5.03 Å². The Morgan fingerprint density at radius 1 is 1.47 bits per heavy atom. The predicted molar refractivity (Wildman–Crippen MR) is 72.5 cm³/mol. The summed E-state index contributed by atoms with van der Waals surface area (Å²) in [7, 11) is -4.21. The third-order valence-corrected chi connectivity index (χ3v) is 4.18. The molecule has 0 saturated carbocycles. The summed E-state index contributed by atoms with van der Waals surface area (Å²) < 4.78 is 31.2. The average Bonchev–Trinajstić information content (AvgIpc) is 2.34. The van der Waals surface area contributed by atoms with E-state index in [9.17, 15) is 8.42 Å². The molecule has 0 aliphatic carbocycles. The maximum absolute atomic E-state index is 11.1. The second kappa shape index (κ2) is 5.56. The zero-order valence-electron chi connectivity index (χ0n) is 11.3. The molecular formula is C13H20N2O3S. The summed E-state index contributed by atoms with van der Waals surface area (Å²) >= 11 is 0. The summed E-state index contributed by atoms with van der Waals surface area (Å²) in [5, 5.41) is 3.18. The lowest BCUT2D eigenvalue weighted by Gasteiger charge is -2.26. The highest BCUT2D eigenvalue weighted by Gasteiger charge is 2.21. The van der Waals surface area contributed by atoms with Gasteiger partial charge in [0.05, 0.1) is 0 Å². The van der Waals surface area contributed by atoms with Crippen molar-refractivity contribution < 1.29 is 13.0 Å². The molecule has 106 valence electrons. The minimum Gasteiger partial charge on any atom is -0.309 e. The molecule has 1 aliphatic rings. The van der Waals surface area contributed by atoms with E-state index >= 15 is 0 Å². The van der Waals surface area contributed by atoms with Crippen molar-refractivity contribution in [2.75, 3.05) is 0 Å². The van der Waals surface area contributed by atoms with Crippen LogP contribution in [0.3, 0.4) is 0 Å². The van der Waals surface area contributed by atoms with E-state index in [2.05, 4.69) is 24.1 Å². The summed E-state index contributed by atoms with van der Waals surface area (Å²) in [6, 6.07) is 3.40. The van der Waals surface area contributed by atoms with Gasteiger partial charge in [0.25, 0.3) is 0 Å². The Labute approximate surface area is 114 Å². The van der Waals surface area contributed by atoms with Crippen LogP contribution in [-0.2, 0) is 23.1 Å². The summed E-state index contributed by atoms with van der Waals surface area (Å²) in [6.45, 7) is 5.08. The van der Waals surface area contributed by atoms with Crippen LogP contribution in [0.25, 0.3) is 0 Å². The topological polar surface area (TPSA) is 79.3 Å². The van der Waals surface area contributed by atoms with Crippen molar-refractivity contribution in [3.8, 4) is 0 Å². The maximum Gasteiger partial charge on any atom is 0.312 e. The second-order valence-corrected chi connectivity index (χ2v) is 6.85. The third-order valence-electron chi connectivity index (χ3n) is 3.42. The molecule has 2 rings (SSSR count). The van der Waals surface area contributed by atoms with Gasteiger partial charge in [-0.1, -0.05) is 19.9 Å². The van der Waals surface area contributed by atoms with E-state index < -0.39 is 10.1 Å². The van der Waals surface area contributed by atoms with Crippen LogP contribution in [0.1, 0.15) is 37.9 Å². The fourth-order valence-electron chi connectivity index (χ4n) is 2.29. The van der Waals surface area contributed by atoms with Gasteiger partial charge in [-0.05, 0) is 30.4 Å². The van der Waals surface area contributed by atoms with Crippen LogP contribution < -0.4 is 5.32 Å². The largest absolute Gasteiger partial charge is 0.312 e. The number of hydrogen-bond acceptors (Lipinski definition) is 4. The van der Waals surface area contributed by atoms with Crippen molar-refractivity contribution in [1.82, 2.24) is 10.3 Å². The molecule has 1 unspecified atom stereocenters. The summed E-state index contributed by atoms with van der Waals surface area (Å²) in [5.74, 6) is 0.653. The fourth-order valence-corrected chi connectivity index (χ4v) is 2.76. The first kappa shape index (κ1) is 14.4. The minimum absolute atomic E-state index is 0.254. The van der Waals surface area contributed by atoms with E-state index in [0.29, 0.717) is 24.9 Å². The van der Waals surface area contributed by atoms with Gasteiger partial charge in [0.1, 0.15) is 0 Å². The van der Waals surface area contributed by atoms with Crippen LogP contribution in [0.4, 0.5) is 0 Å². The van der Waals surface area contributed by atoms with E-state index in [1.54, 1.807) is 6.07 Å². The van der Waals surface area contributed by atoms with Crippen LogP contribution in [0.5, 0.6) is 0 Å². The smallest absolute Gasteiger partial charge is 0.309 e. The first-order valence-electron chi connectivity index (χ1n) is 6.56. The molecule has 0 radical (unpaired) electrons. The Morgan fingerprint density at radius 3 is 2.84 bits per heavy atom. The molecule has 19 heavy (non-hydrogen) atoms. The maximum atomic E-state index is 11.1. The van der Waals surface area contributed by atoms with Crippen LogP contribution in [0.15, 0.2) is 17.2 Å². The van der Waals surface area contributed by atoms with Crippen LogP contribution >= 0.6 is 0 Å². The fraction of sp³-hybridized carbons (Fsp3) is 0.615. The predicted octanol–water partition coefficient (Wildman–Crippen LogP) is 1.78. The molecule has 0 saturated heterocycles.